The molecule has 0 saturated carbocycles. The number of nitrogens with one attached hydrogen (secondary N) is 2. The molecular formula is C33H24N6O5. The highest BCUT2D eigenvalue weighted by Gasteiger charge is 2.68. The summed E-state index contributed by atoms with van der Waals surface area (Å²) in [5.74, 6) is -2.23. The van der Waals surface area contributed by atoms with Crippen molar-refractivity contribution in [1.29, 1.82) is 0 Å². The molecule has 1 fully saturated rings. The van der Waals surface area contributed by atoms with Crippen LogP contribution < -0.4 is 15.1 Å². The van der Waals surface area contributed by atoms with Crippen LogP contribution in [-0.2, 0) is 15.0 Å². The number of nitro benzene ring substituents is 1. The number of aromatic amines is 1. The molecule has 2 bridgehead atoms. The second kappa shape index (κ2) is 9.33. The second-order valence-corrected chi connectivity index (χ2v) is 11.1. The molecule has 3 aliphatic carbocycles. The Balaban J connectivity index is 1.31. The maximum atomic E-state index is 14.6. The molecule has 9 rings (SSSR count). The van der Waals surface area contributed by atoms with E-state index in [1.807, 2.05) is 72.8 Å². The Morgan fingerprint density at radius 3 is 2.34 bits per heavy atom. The largest absolute Gasteiger partial charge is 0.494 e. The number of imide groups is 1. The number of non-ortho nitro benzene ring substituents is 1. The number of imidazole rings is 1. The van der Waals surface area contributed by atoms with Crippen LogP contribution in [0.3, 0.4) is 0 Å². The number of ether oxygens (including phenoxy) is 1. The molecule has 216 valence electrons. The van der Waals surface area contributed by atoms with Crippen molar-refractivity contribution in [3.63, 3.8) is 0 Å². The van der Waals surface area contributed by atoms with Gasteiger partial charge in [0.25, 0.3) is 5.69 Å². The lowest BCUT2D eigenvalue weighted by molar-refractivity contribution is -0.384. The van der Waals surface area contributed by atoms with Crippen LogP contribution in [0, 0.1) is 22.0 Å². The van der Waals surface area contributed by atoms with Crippen LogP contribution in [0.25, 0.3) is 11.0 Å². The Labute approximate surface area is 250 Å². The van der Waals surface area contributed by atoms with E-state index in [0.717, 1.165) is 38.2 Å². The average Bonchev–Trinajstić information content (AvgIpc) is 3.58. The number of fused-ring (bicyclic) bond motifs is 1. The first-order chi connectivity index (χ1) is 21.4. The van der Waals surface area contributed by atoms with Gasteiger partial charge in [-0.1, -0.05) is 60.7 Å². The number of para-hydroxylation sites is 2. The van der Waals surface area contributed by atoms with E-state index in [1.165, 1.54) is 25.3 Å². The average molecular weight is 585 g/mol. The summed E-state index contributed by atoms with van der Waals surface area (Å²) < 4.78 is 5.46. The highest BCUT2D eigenvalue weighted by molar-refractivity contribution is 6.25. The summed E-state index contributed by atoms with van der Waals surface area (Å²) in [7, 11) is 1.36. The topological polar surface area (TPSA) is 143 Å². The summed E-state index contributed by atoms with van der Waals surface area (Å²) >= 11 is 0. The first-order valence-corrected chi connectivity index (χ1v) is 14.1. The van der Waals surface area contributed by atoms with E-state index >= 15 is 0 Å². The predicted molar refractivity (Wildman–Crippen MR) is 163 cm³/mol. The zero-order valence-electron chi connectivity index (χ0n) is 23.3. The highest BCUT2D eigenvalue weighted by Crippen LogP contribution is 2.64. The van der Waals surface area contributed by atoms with Gasteiger partial charge in [-0.2, -0.15) is 5.10 Å². The standard InChI is InChI=1S/C33H24N6O5/c1-44-26-16-18(39(42)43)14-15-25(26)38-30(40)28-27-19-8-2-4-10-21(19)33(29(28)31(38)41,22-11-5-3-9-20(22)27)17-34-37-32-35-23-12-6-7-13-24(23)36-32/h2-17,27-29H,1H3,(H2,35,36,37)/b34-17-/t27?,28-,29-,33?/m1/s1. The van der Waals surface area contributed by atoms with Gasteiger partial charge in [-0.05, 0) is 40.5 Å². The molecule has 11 heteroatoms. The van der Waals surface area contributed by atoms with Gasteiger partial charge in [0.05, 0.1) is 52.1 Å². The molecular weight excluding hydrogens is 560 g/mol. The minimum absolute atomic E-state index is 0.0659. The van der Waals surface area contributed by atoms with E-state index in [9.17, 15) is 19.7 Å². The molecule has 11 nitrogen and oxygen atoms in total. The quantitative estimate of drug-likeness (QED) is 0.122. The summed E-state index contributed by atoms with van der Waals surface area (Å²) in [6.45, 7) is 0. The Morgan fingerprint density at radius 1 is 0.977 bits per heavy atom. The summed E-state index contributed by atoms with van der Waals surface area (Å²) in [6.07, 6.45) is 1.73. The summed E-state index contributed by atoms with van der Waals surface area (Å²) in [4.78, 5) is 48.8. The number of H-pyrrole nitrogens is 1. The van der Waals surface area contributed by atoms with Crippen molar-refractivity contribution >= 4 is 46.4 Å². The van der Waals surface area contributed by atoms with Crippen molar-refractivity contribution in [2.75, 3.05) is 17.4 Å². The monoisotopic (exact) mass is 584 g/mol. The molecule has 4 aliphatic rings. The van der Waals surface area contributed by atoms with Crippen LogP contribution in [0.1, 0.15) is 28.2 Å². The molecule has 0 radical (unpaired) electrons. The van der Waals surface area contributed by atoms with Gasteiger partial charge >= 0.3 is 0 Å². The number of carbonyl (C=O) groups is 2. The molecule has 0 unspecified atom stereocenters. The zero-order chi connectivity index (χ0) is 30.2. The van der Waals surface area contributed by atoms with Gasteiger partial charge in [0.1, 0.15) is 5.75 Å². The van der Waals surface area contributed by atoms with Crippen LogP contribution in [-0.4, -0.2) is 40.0 Å². The molecule has 5 aromatic rings. The van der Waals surface area contributed by atoms with Crippen molar-refractivity contribution in [3.05, 3.63) is 123 Å². The number of rotatable bonds is 6. The summed E-state index contributed by atoms with van der Waals surface area (Å²) in [5, 5.41) is 16.1. The molecule has 1 saturated heterocycles. The molecule has 2 heterocycles. The fraction of sp³-hybridized carbons (Fsp3) is 0.152. The fourth-order valence-electron chi connectivity index (χ4n) is 7.45. The molecule has 2 N–H and O–H groups in total. The second-order valence-electron chi connectivity index (χ2n) is 11.1. The lowest BCUT2D eigenvalue weighted by Gasteiger charge is -2.52. The minimum atomic E-state index is -1.10. The number of benzene rings is 4. The molecule has 2 atom stereocenters. The Bertz CT molecular complexity index is 1990. The third-order valence-electron chi connectivity index (χ3n) is 9.13. The van der Waals surface area contributed by atoms with Crippen molar-refractivity contribution < 1.29 is 19.2 Å². The number of aromatic nitrogens is 2. The molecule has 1 aliphatic heterocycles. The van der Waals surface area contributed by atoms with E-state index in [1.54, 1.807) is 6.21 Å². The van der Waals surface area contributed by atoms with Gasteiger partial charge in [-0.3, -0.25) is 19.7 Å². The number of anilines is 2. The molecule has 1 aromatic heterocycles. The summed E-state index contributed by atoms with van der Waals surface area (Å²) in [5.41, 5.74) is 7.23. The van der Waals surface area contributed by atoms with E-state index < -0.39 is 28.1 Å². The predicted octanol–water partition coefficient (Wildman–Crippen LogP) is 5.13. The van der Waals surface area contributed by atoms with Crippen molar-refractivity contribution in [3.8, 4) is 5.75 Å². The van der Waals surface area contributed by atoms with E-state index in [-0.39, 0.29) is 28.9 Å². The number of carbonyl (C=O) groups excluding carboxylic acids is 2. The summed E-state index contributed by atoms with van der Waals surface area (Å²) in [6, 6.07) is 27.3. The number of nitrogens with zero attached hydrogens (tertiary/aromatic N) is 4. The lowest BCUT2D eigenvalue weighted by Crippen LogP contribution is -2.54. The fourth-order valence-corrected chi connectivity index (χ4v) is 7.45. The number of methoxy groups -OCH3 is 1. The normalized spacial score (nSPS) is 23.1. The SMILES string of the molecule is COc1cc([N+](=O)[O-])ccc1N1C(=O)[C@@H]2C3c4ccccc4C(/C=N\Nc4nc5ccccc5[nH]4)(c4ccccc43)[C@H]2C1=O. The number of hydrazone groups is 1. The van der Waals surface area contributed by atoms with E-state index in [4.69, 9.17) is 4.74 Å². The third kappa shape index (κ3) is 3.37. The Hall–Kier alpha value is -5.84. The van der Waals surface area contributed by atoms with Crippen molar-refractivity contribution in [1.82, 2.24) is 9.97 Å². The van der Waals surface area contributed by atoms with Gasteiger partial charge in [0, 0.05) is 18.2 Å². The minimum Gasteiger partial charge on any atom is -0.494 e. The molecule has 2 amide bonds. The van der Waals surface area contributed by atoms with Crippen molar-refractivity contribution in [2.45, 2.75) is 11.3 Å². The lowest BCUT2D eigenvalue weighted by atomic mass is 9.47. The first kappa shape index (κ1) is 25.8. The number of hydrogen-bond donors (Lipinski definition) is 2. The maximum absolute atomic E-state index is 14.6. The molecule has 0 spiro atoms. The first-order valence-electron chi connectivity index (χ1n) is 14.1. The van der Waals surface area contributed by atoms with Crippen LogP contribution in [0.15, 0.2) is 96.1 Å². The zero-order valence-corrected chi connectivity index (χ0v) is 23.3. The van der Waals surface area contributed by atoms with Gasteiger partial charge in [-0.25, -0.2) is 15.3 Å². The van der Waals surface area contributed by atoms with Gasteiger partial charge in [0.15, 0.2) is 0 Å². The number of amides is 2. The van der Waals surface area contributed by atoms with Crippen LogP contribution in [0.5, 0.6) is 5.75 Å². The van der Waals surface area contributed by atoms with Gasteiger partial charge < -0.3 is 9.72 Å². The van der Waals surface area contributed by atoms with E-state index in [2.05, 4.69) is 20.5 Å². The Kier molecular flexibility index (Phi) is 5.48. The van der Waals surface area contributed by atoms with Crippen LogP contribution in [0.4, 0.5) is 17.3 Å². The highest BCUT2D eigenvalue weighted by atomic mass is 16.6. The number of nitro groups is 1. The third-order valence-corrected chi connectivity index (χ3v) is 9.13. The van der Waals surface area contributed by atoms with Gasteiger partial charge in [0.2, 0.25) is 17.8 Å². The van der Waals surface area contributed by atoms with E-state index in [0.29, 0.717) is 5.95 Å². The van der Waals surface area contributed by atoms with Crippen LogP contribution in [0.2, 0.25) is 0 Å². The maximum Gasteiger partial charge on any atom is 0.273 e. The van der Waals surface area contributed by atoms with Gasteiger partial charge in [-0.15, -0.1) is 0 Å². The Morgan fingerprint density at radius 2 is 1.66 bits per heavy atom. The van der Waals surface area contributed by atoms with Crippen LogP contribution >= 0.6 is 0 Å². The molecule has 4 aromatic carbocycles. The number of hydrogen-bond acceptors (Lipinski definition) is 8. The van der Waals surface area contributed by atoms with Crippen molar-refractivity contribution in [2.24, 2.45) is 16.9 Å². The molecule has 44 heavy (non-hydrogen) atoms. The smallest absolute Gasteiger partial charge is 0.273 e.